The fraction of sp³-hybridized carbons (Fsp3) is 0.214. The van der Waals surface area contributed by atoms with Gasteiger partial charge < -0.3 is 4.90 Å². The molecular weight excluding hydrogens is 388 g/mol. The second-order valence-electron chi connectivity index (χ2n) is 4.83. The van der Waals surface area contributed by atoms with Gasteiger partial charge in [0.15, 0.2) is 0 Å². The fourth-order valence-electron chi connectivity index (χ4n) is 1.67. The number of hydrogen-bond donors (Lipinski definition) is 1. The first-order chi connectivity index (χ1) is 10.3. The maximum atomic E-state index is 12.2. The van der Waals surface area contributed by atoms with E-state index in [1.807, 2.05) is 0 Å². The lowest BCUT2D eigenvalue weighted by Gasteiger charge is -2.11. The summed E-state index contributed by atoms with van der Waals surface area (Å²) in [5.74, 6) is -0.00299. The molecule has 1 heterocycles. The second-order valence-corrected chi connectivity index (χ2v) is 9.20. The van der Waals surface area contributed by atoms with Gasteiger partial charge >= 0.3 is 0 Å². The number of thiophene rings is 1. The highest BCUT2D eigenvalue weighted by Crippen LogP contribution is 2.27. The Kier molecular flexibility index (Phi) is 5.25. The first-order valence-electron chi connectivity index (χ1n) is 6.35. The lowest BCUT2D eigenvalue weighted by Crippen LogP contribution is -2.23. The van der Waals surface area contributed by atoms with E-state index >= 15 is 0 Å². The summed E-state index contributed by atoms with van der Waals surface area (Å²) >= 11 is 4.39. The van der Waals surface area contributed by atoms with Crippen molar-refractivity contribution in [1.82, 2.24) is 4.90 Å². The molecule has 0 unspecified atom stereocenters. The SMILES string of the molecule is CN(C)C(=O)Cc1ccc(NS(=O)(=O)c2ccc(Br)s2)cc1. The van der Waals surface area contributed by atoms with Crippen molar-refractivity contribution in [2.24, 2.45) is 0 Å². The van der Waals surface area contributed by atoms with Gasteiger partial charge in [-0.3, -0.25) is 9.52 Å². The summed E-state index contributed by atoms with van der Waals surface area (Å²) in [6.07, 6.45) is 0.290. The van der Waals surface area contributed by atoms with Gasteiger partial charge in [0.2, 0.25) is 5.91 Å². The average Bonchev–Trinajstić information content (AvgIpc) is 2.88. The van der Waals surface area contributed by atoms with Gasteiger partial charge in [-0.2, -0.15) is 0 Å². The number of likely N-dealkylation sites (N-methyl/N-ethyl adjacent to an activating group) is 1. The highest BCUT2D eigenvalue weighted by Gasteiger charge is 2.16. The van der Waals surface area contributed by atoms with E-state index in [1.54, 1.807) is 50.5 Å². The average molecular weight is 403 g/mol. The number of sulfonamides is 1. The van der Waals surface area contributed by atoms with Crippen molar-refractivity contribution >= 4 is 48.9 Å². The summed E-state index contributed by atoms with van der Waals surface area (Å²) in [5.41, 5.74) is 1.30. The zero-order valence-corrected chi connectivity index (χ0v) is 15.3. The van der Waals surface area contributed by atoms with E-state index in [0.29, 0.717) is 5.69 Å². The van der Waals surface area contributed by atoms with Crippen LogP contribution in [0, 0.1) is 0 Å². The molecule has 0 saturated heterocycles. The molecule has 0 radical (unpaired) electrons. The molecule has 2 rings (SSSR count). The molecule has 1 aromatic carbocycles. The van der Waals surface area contributed by atoms with Crippen LogP contribution >= 0.6 is 27.3 Å². The molecule has 0 atom stereocenters. The van der Waals surface area contributed by atoms with Crippen molar-refractivity contribution in [3.63, 3.8) is 0 Å². The molecule has 5 nitrogen and oxygen atoms in total. The van der Waals surface area contributed by atoms with Crippen molar-refractivity contribution < 1.29 is 13.2 Å². The van der Waals surface area contributed by atoms with E-state index in [1.165, 1.54) is 4.90 Å². The molecule has 22 heavy (non-hydrogen) atoms. The molecule has 8 heteroatoms. The molecule has 0 aliphatic heterocycles. The first kappa shape index (κ1) is 17.0. The lowest BCUT2D eigenvalue weighted by atomic mass is 10.1. The third-order valence-corrected chi connectivity index (χ3v) is 6.37. The van der Waals surface area contributed by atoms with Crippen LogP contribution in [0.15, 0.2) is 44.4 Å². The third kappa shape index (κ3) is 4.31. The summed E-state index contributed by atoms with van der Waals surface area (Å²) in [6.45, 7) is 0. The van der Waals surface area contributed by atoms with Crippen LogP contribution in [-0.2, 0) is 21.2 Å². The normalized spacial score (nSPS) is 11.2. The van der Waals surface area contributed by atoms with Crippen molar-refractivity contribution in [1.29, 1.82) is 0 Å². The summed E-state index contributed by atoms with van der Waals surface area (Å²) in [5, 5.41) is 0. The number of amides is 1. The second kappa shape index (κ2) is 6.80. The summed E-state index contributed by atoms with van der Waals surface area (Å²) in [4.78, 5) is 13.1. The molecule has 1 aromatic heterocycles. The van der Waals surface area contributed by atoms with Gasteiger partial charge in [0.05, 0.1) is 10.2 Å². The van der Waals surface area contributed by atoms with Crippen LogP contribution in [0.5, 0.6) is 0 Å². The predicted molar refractivity (Wildman–Crippen MR) is 91.7 cm³/mol. The zero-order valence-electron chi connectivity index (χ0n) is 12.0. The van der Waals surface area contributed by atoms with E-state index in [0.717, 1.165) is 20.7 Å². The Labute approximate surface area is 142 Å². The number of nitrogens with one attached hydrogen (secondary N) is 1. The topological polar surface area (TPSA) is 66.5 Å². The van der Waals surface area contributed by atoms with Crippen molar-refractivity contribution in [3.05, 3.63) is 45.7 Å². The number of hydrogen-bond acceptors (Lipinski definition) is 4. The predicted octanol–water partition coefficient (Wildman–Crippen LogP) is 2.94. The molecular formula is C14H15BrN2O3S2. The maximum Gasteiger partial charge on any atom is 0.271 e. The number of nitrogens with zero attached hydrogens (tertiary/aromatic N) is 1. The van der Waals surface area contributed by atoms with Crippen LogP contribution in [0.1, 0.15) is 5.56 Å². The van der Waals surface area contributed by atoms with Gasteiger partial charge in [-0.05, 0) is 45.8 Å². The van der Waals surface area contributed by atoms with Crippen molar-refractivity contribution in [3.8, 4) is 0 Å². The lowest BCUT2D eigenvalue weighted by molar-refractivity contribution is -0.127. The van der Waals surface area contributed by atoms with Gasteiger partial charge in [-0.25, -0.2) is 8.42 Å². The number of halogens is 1. The number of rotatable bonds is 5. The van der Waals surface area contributed by atoms with E-state index in [4.69, 9.17) is 0 Å². The van der Waals surface area contributed by atoms with E-state index < -0.39 is 10.0 Å². The van der Waals surface area contributed by atoms with Gasteiger partial charge in [0, 0.05) is 19.8 Å². The number of carbonyl (C=O) groups is 1. The van der Waals surface area contributed by atoms with E-state index in [-0.39, 0.29) is 16.5 Å². The number of carbonyl (C=O) groups excluding carboxylic acids is 1. The Bertz CT molecular complexity index is 768. The monoisotopic (exact) mass is 402 g/mol. The Balaban J connectivity index is 2.10. The molecule has 1 amide bonds. The molecule has 1 N–H and O–H groups in total. The maximum absolute atomic E-state index is 12.2. The quantitative estimate of drug-likeness (QED) is 0.835. The van der Waals surface area contributed by atoms with Crippen LogP contribution in [-0.4, -0.2) is 33.3 Å². The molecule has 118 valence electrons. The number of anilines is 1. The Morgan fingerprint density at radius 3 is 2.32 bits per heavy atom. The van der Waals surface area contributed by atoms with Gasteiger partial charge in [-0.1, -0.05) is 12.1 Å². The fourth-order valence-corrected chi connectivity index (χ4v) is 4.74. The summed E-state index contributed by atoms with van der Waals surface area (Å²) in [7, 11) is -0.182. The molecule has 0 aliphatic rings. The highest BCUT2D eigenvalue weighted by molar-refractivity contribution is 9.11. The molecule has 0 aliphatic carbocycles. The van der Waals surface area contributed by atoms with Crippen LogP contribution < -0.4 is 4.72 Å². The molecule has 0 bridgehead atoms. The van der Waals surface area contributed by atoms with E-state index in [9.17, 15) is 13.2 Å². The largest absolute Gasteiger partial charge is 0.349 e. The van der Waals surface area contributed by atoms with Crippen LogP contribution in [0.25, 0.3) is 0 Å². The zero-order chi connectivity index (χ0) is 16.3. The molecule has 0 fully saturated rings. The first-order valence-corrected chi connectivity index (χ1v) is 9.44. The van der Waals surface area contributed by atoms with Gasteiger partial charge in [-0.15, -0.1) is 11.3 Å². The third-order valence-electron chi connectivity index (χ3n) is 2.87. The van der Waals surface area contributed by atoms with Crippen LogP contribution in [0.4, 0.5) is 5.69 Å². The Morgan fingerprint density at radius 2 is 1.82 bits per heavy atom. The van der Waals surface area contributed by atoms with Crippen molar-refractivity contribution in [2.75, 3.05) is 18.8 Å². The van der Waals surface area contributed by atoms with Gasteiger partial charge in [0.25, 0.3) is 10.0 Å². The van der Waals surface area contributed by atoms with Crippen molar-refractivity contribution in [2.45, 2.75) is 10.6 Å². The molecule has 2 aromatic rings. The molecule has 0 saturated carbocycles. The van der Waals surface area contributed by atoms with E-state index in [2.05, 4.69) is 20.7 Å². The van der Waals surface area contributed by atoms with Gasteiger partial charge in [0.1, 0.15) is 4.21 Å². The Morgan fingerprint density at radius 1 is 1.18 bits per heavy atom. The minimum Gasteiger partial charge on any atom is -0.349 e. The Hall–Kier alpha value is -1.38. The number of benzene rings is 1. The molecule has 0 spiro atoms. The van der Waals surface area contributed by atoms with Crippen LogP contribution in [0.2, 0.25) is 0 Å². The summed E-state index contributed by atoms with van der Waals surface area (Å²) < 4.78 is 27.9. The highest BCUT2D eigenvalue weighted by atomic mass is 79.9. The van der Waals surface area contributed by atoms with Crippen LogP contribution in [0.3, 0.4) is 0 Å². The summed E-state index contributed by atoms with van der Waals surface area (Å²) in [6, 6.07) is 10.0. The minimum atomic E-state index is -3.58. The smallest absolute Gasteiger partial charge is 0.271 e. The standard InChI is InChI=1S/C14H15BrN2O3S2/c1-17(2)13(18)9-10-3-5-11(6-4-10)16-22(19,20)14-8-7-12(15)21-14/h3-8,16H,9H2,1-2H3. The minimum absolute atomic E-state index is 0.00299.